The monoisotopic (exact) mass is 292 g/mol. The van der Waals surface area contributed by atoms with E-state index in [1.807, 2.05) is 42.5 Å². The number of hydrogen-bond acceptors (Lipinski definition) is 3. The van der Waals surface area contributed by atoms with Crippen LogP contribution in [0.3, 0.4) is 0 Å². The Balaban J connectivity index is 2.02. The van der Waals surface area contributed by atoms with Crippen molar-refractivity contribution in [1.82, 2.24) is 0 Å². The summed E-state index contributed by atoms with van der Waals surface area (Å²) in [4.78, 5) is 23.0. The molecule has 0 amide bonds. The van der Waals surface area contributed by atoms with Crippen molar-refractivity contribution in [2.75, 3.05) is 7.11 Å². The Hall–Kier alpha value is -2.94. The van der Waals surface area contributed by atoms with Gasteiger partial charge in [0.15, 0.2) is 5.78 Å². The molecule has 3 heteroatoms. The molecule has 0 aromatic heterocycles. The molecule has 0 saturated carbocycles. The zero-order valence-corrected chi connectivity index (χ0v) is 12.2. The summed E-state index contributed by atoms with van der Waals surface area (Å²) in [6.07, 6.45) is 6.36. The van der Waals surface area contributed by atoms with Crippen molar-refractivity contribution in [3.8, 4) is 0 Å². The molecule has 0 bridgehead atoms. The Kier molecular flexibility index (Phi) is 5.44. The van der Waals surface area contributed by atoms with E-state index < -0.39 is 5.97 Å². The van der Waals surface area contributed by atoms with Gasteiger partial charge in [0.05, 0.1) is 7.11 Å². The van der Waals surface area contributed by atoms with E-state index in [4.69, 9.17) is 0 Å². The van der Waals surface area contributed by atoms with E-state index in [1.54, 1.807) is 30.4 Å². The SMILES string of the molecule is COC(=O)/C=C/c1ccc(/C=C/C(=O)c2ccccc2)cc1. The molecule has 0 aliphatic heterocycles. The molecule has 0 fully saturated rings. The maximum atomic E-state index is 11.9. The average Bonchev–Trinajstić information content (AvgIpc) is 2.59. The maximum absolute atomic E-state index is 11.9. The minimum atomic E-state index is -0.391. The summed E-state index contributed by atoms with van der Waals surface area (Å²) in [5.41, 5.74) is 2.47. The molecule has 3 nitrogen and oxygen atoms in total. The van der Waals surface area contributed by atoms with Gasteiger partial charge in [-0.15, -0.1) is 0 Å². The largest absolute Gasteiger partial charge is 0.466 e. The van der Waals surface area contributed by atoms with Crippen molar-refractivity contribution in [3.63, 3.8) is 0 Å². The molecular weight excluding hydrogens is 276 g/mol. The number of rotatable bonds is 5. The Morgan fingerprint density at radius 2 is 1.36 bits per heavy atom. The van der Waals surface area contributed by atoms with Gasteiger partial charge in [-0.3, -0.25) is 4.79 Å². The Labute approximate surface area is 129 Å². The van der Waals surface area contributed by atoms with E-state index in [2.05, 4.69) is 4.74 Å². The number of esters is 1. The number of methoxy groups -OCH3 is 1. The van der Waals surface area contributed by atoms with E-state index >= 15 is 0 Å². The van der Waals surface area contributed by atoms with Crippen molar-refractivity contribution in [1.29, 1.82) is 0 Å². The lowest BCUT2D eigenvalue weighted by molar-refractivity contribution is -0.134. The second-order valence-electron chi connectivity index (χ2n) is 4.59. The molecule has 0 spiro atoms. The Bertz CT molecular complexity index is 695. The van der Waals surface area contributed by atoms with Crippen LogP contribution < -0.4 is 0 Å². The van der Waals surface area contributed by atoms with Gasteiger partial charge < -0.3 is 4.74 Å². The van der Waals surface area contributed by atoms with Crippen LogP contribution in [-0.4, -0.2) is 18.9 Å². The van der Waals surface area contributed by atoms with Crippen LogP contribution in [0.2, 0.25) is 0 Å². The number of hydrogen-bond donors (Lipinski definition) is 0. The molecule has 110 valence electrons. The molecule has 22 heavy (non-hydrogen) atoms. The van der Waals surface area contributed by atoms with E-state index in [-0.39, 0.29) is 5.78 Å². The highest BCUT2D eigenvalue weighted by Gasteiger charge is 1.99. The third-order valence-electron chi connectivity index (χ3n) is 3.03. The molecule has 0 aliphatic carbocycles. The molecule has 2 rings (SSSR count). The minimum absolute atomic E-state index is 0.0322. The zero-order valence-electron chi connectivity index (χ0n) is 12.2. The zero-order chi connectivity index (χ0) is 15.8. The second kappa shape index (κ2) is 7.74. The van der Waals surface area contributed by atoms with Crippen molar-refractivity contribution < 1.29 is 14.3 Å². The lowest BCUT2D eigenvalue weighted by Crippen LogP contribution is -1.93. The van der Waals surface area contributed by atoms with Gasteiger partial charge in [-0.1, -0.05) is 60.7 Å². The predicted octanol–water partition coefficient (Wildman–Crippen LogP) is 3.77. The van der Waals surface area contributed by atoms with Crippen molar-refractivity contribution in [2.45, 2.75) is 0 Å². The van der Waals surface area contributed by atoms with Crippen LogP contribution in [-0.2, 0) is 9.53 Å². The normalized spacial score (nSPS) is 11.0. The van der Waals surface area contributed by atoms with Crippen LogP contribution in [0, 0.1) is 0 Å². The first-order chi connectivity index (χ1) is 10.7. The Morgan fingerprint density at radius 1 is 0.818 bits per heavy atom. The first kappa shape index (κ1) is 15.4. The molecule has 0 aliphatic rings. The van der Waals surface area contributed by atoms with Gasteiger partial charge in [-0.25, -0.2) is 4.79 Å². The van der Waals surface area contributed by atoms with Crippen LogP contribution in [0.1, 0.15) is 21.5 Å². The third-order valence-corrected chi connectivity index (χ3v) is 3.03. The standard InChI is InChI=1S/C19H16O3/c1-22-19(21)14-12-16-9-7-15(8-10-16)11-13-18(20)17-5-3-2-4-6-17/h2-14H,1H3/b13-11+,14-12+. The fourth-order valence-corrected chi connectivity index (χ4v) is 1.82. The van der Waals surface area contributed by atoms with Gasteiger partial charge in [0.25, 0.3) is 0 Å². The number of benzene rings is 2. The average molecular weight is 292 g/mol. The predicted molar refractivity (Wildman–Crippen MR) is 87.3 cm³/mol. The first-order valence-corrected chi connectivity index (χ1v) is 6.82. The van der Waals surface area contributed by atoms with Crippen molar-refractivity contribution >= 4 is 23.9 Å². The molecule has 0 radical (unpaired) electrons. The molecule has 0 unspecified atom stereocenters. The molecule has 0 atom stereocenters. The number of ketones is 1. The smallest absolute Gasteiger partial charge is 0.330 e. The summed E-state index contributed by atoms with van der Waals surface area (Å²) in [7, 11) is 1.34. The quantitative estimate of drug-likeness (QED) is 0.478. The van der Waals surface area contributed by atoms with E-state index in [1.165, 1.54) is 13.2 Å². The van der Waals surface area contributed by atoms with Gasteiger partial charge in [0.2, 0.25) is 0 Å². The van der Waals surface area contributed by atoms with Gasteiger partial charge >= 0.3 is 5.97 Å². The van der Waals surface area contributed by atoms with E-state index in [9.17, 15) is 9.59 Å². The highest BCUT2D eigenvalue weighted by molar-refractivity contribution is 6.06. The van der Waals surface area contributed by atoms with Gasteiger partial charge in [-0.2, -0.15) is 0 Å². The van der Waals surface area contributed by atoms with Crippen LogP contribution in [0.4, 0.5) is 0 Å². The second-order valence-corrected chi connectivity index (χ2v) is 4.59. The number of allylic oxidation sites excluding steroid dienone is 1. The van der Waals surface area contributed by atoms with Crippen LogP contribution >= 0.6 is 0 Å². The summed E-state index contributed by atoms with van der Waals surface area (Å²) in [5, 5.41) is 0. The molecule has 2 aromatic rings. The van der Waals surface area contributed by atoms with E-state index in [0.717, 1.165) is 11.1 Å². The van der Waals surface area contributed by atoms with Crippen molar-refractivity contribution in [2.24, 2.45) is 0 Å². The molecule has 2 aromatic carbocycles. The third kappa shape index (κ3) is 4.56. The molecular formula is C19H16O3. The van der Waals surface area contributed by atoms with E-state index in [0.29, 0.717) is 5.56 Å². The Morgan fingerprint density at radius 3 is 1.91 bits per heavy atom. The summed E-state index contributed by atoms with van der Waals surface area (Å²) in [5.74, 6) is -0.423. The molecule has 0 heterocycles. The fraction of sp³-hybridized carbons (Fsp3) is 0.0526. The topological polar surface area (TPSA) is 43.4 Å². The minimum Gasteiger partial charge on any atom is -0.466 e. The molecule has 0 saturated heterocycles. The fourth-order valence-electron chi connectivity index (χ4n) is 1.82. The van der Waals surface area contributed by atoms with Gasteiger partial charge in [-0.05, 0) is 23.3 Å². The number of carbonyl (C=O) groups excluding carboxylic acids is 2. The summed E-state index contributed by atoms with van der Waals surface area (Å²) in [6, 6.07) is 16.6. The lowest BCUT2D eigenvalue weighted by atomic mass is 10.1. The molecule has 0 N–H and O–H groups in total. The number of ether oxygens (including phenoxy) is 1. The van der Waals surface area contributed by atoms with Crippen LogP contribution in [0.15, 0.2) is 66.7 Å². The number of carbonyl (C=O) groups is 2. The first-order valence-electron chi connectivity index (χ1n) is 6.82. The van der Waals surface area contributed by atoms with Crippen LogP contribution in [0.5, 0.6) is 0 Å². The summed E-state index contributed by atoms with van der Waals surface area (Å²) < 4.78 is 4.53. The highest BCUT2D eigenvalue weighted by atomic mass is 16.5. The van der Waals surface area contributed by atoms with Gasteiger partial charge in [0, 0.05) is 11.6 Å². The van der Waals surface area contributed by atoms with Gasteiger partial charge in [0.1, 0.15) is 0 Å². The lowest BCUT2D eigenvalue weighted by Gasteiger charge is -1.97. The highest BCUT2D eigenvalue weighted by Crippen LogP contribution is 2.09. The maximum Gasteiger partial charge on any atom is 0.330 e. The summed E-state index contributed by atoms with van der Waals surface area (Å²) in [6.45, 7) is 0. The van der Waals surface area contributed by atoms with Crippen LogP contribution in [0.25, 0.3) is 12.2 Å². The summed E-state index contributed by atoms with van der Waals surface area (Å²) >= 11 is 0. The van der Waals surface area contributed by atoms with Crippen molar-refractivity contribution in [3.05, 3.63) is 83.4 Å².